The van der Waals surface area contributed by atoms with Crippen LogP contribution in [-0.2, 0) is 11.2 Å². The highest BCUT2D eigenvalue weighted by Gasteiger charge is 2.19. The van der Waals surface area contributed by atoms with Crippen LogP contribution in [0.4, 0.5) is 5.69 Å². The molecule has 1 aliphatic rings. The zero-order valence-electron chi connectivity index (χ0n) is 13.7. The lowest BCUT2D eigenvalue weighted by atomic mass is 10.0. The van der Waals surface area contributed by atoms with Crippen molar-refractivity contribution in [2.24, 2.45) is 0 Å². The van der Waals surface area contributed by atoms with Crippen LogP contribution in [0.5, 0.6) is 5.75 Å². The first-order valence-corrected chi connectivity index (χ1v) is 7.84. The number of nitrogens with one attached hydrogen (secondary N) is 1. The molecule has 2 aromatic rings. The van der Waals surface area contributed by atoms with Crippen molar-refractivity contribution in [2.45, 2.75) is 26.4 Å². The first-order valence-electron chi connectivity index (χ1n) is 7.84. The summed E-state index contributed by atoms with van der Waals surface area (Å²) in [5.41, 5.74) is 3.72. The molecule has 0 unspecified atom stereocenters. The van der Waals surface area contributed by atoms with Crippen LogP contribution in [0.3, 0.4) is 0 Å². The van der Waals surface area contributed by atoms with Gasteiger partial charge in [-0.15, -0.1) is 0 Å². The van der Waals surface area contributed by atoms with E-state index in [0.717, 1.165) is 28.9 Å². The molecule has 0 saturated heterocycles. The average Bonchev–Trinajstić information content (AvgIpc) is 2.91. The summed E-state index contributed by atoms with van der Waals surface area (Å²) in [4.78, 5) is 12.3. The van der Waals surface area contributed by atoms with Crippen molar-refractivity contribution in [1.29, 1.82) is 5.26 Å². The fraction of sp³-hybridized carbons (Fsp3) is 0.200. The maximum absolute atomic E-state index is 12.3. The minimum atomic E-state index is -0.409. The van der Waals surface area contributed by atoms with Crippen molar-refractivity contribution in [3.05, 3.63) is 64.7 Å². The molecular formula is C20H18N2O2. The number of benzene rings is 2. The maximum Gasteiger partial charge on any atom is 0.266 e. The third-order valence-electron chi connectivity index (χ3n) is 3.87. The topological polar surface area (TPSA) is 62.1 Å². The first-order chi connectivity index (χ1) is 11.5. The Bertz CT molecular complexity index is 862. The highest BCUT2D eigenvalue weighted by Crippen LogP contribution is 2.30. The van der Waals surface area contributed by atoms with Crippen LogP contribution >= 0.6 is 0 Å². The molecule has 0 bridgehead atoms. The van der Waals surface area contributed by atoms with E-state index in [0.29, 0.717) is 5.69 Å². The molecule has 0 aliphatic carbocycles. The van der Waals surface area contributed by atoms with Crippen molar-refractivity contribution in [2.75, 3.05) is 5.32 Å². The third kappa shape index (κ3) is 3.47. The fourth-order valence-electron chi connectivity index (χ4n) is 2.77. The summed E-state index contributed by atoms with van der Waals surface area (Å²) in [5, 5.41) is 12.1. The quantitative estimate of drug-likeness (QED) is 0.690. The van der Waals surface area contributed by atoms with Crippen LogP contribution in [0.15, 0.2) is 48.0 Å². The number of fused-ring (bicyclic) bond motifs is 1. The molecule has 24 heavy (non-hydrogen) atoms. The van der Waals surface area contributed by atoms with Crippen molar-refractivity contribution in [3.8, 4) is 11.8 Å². The second-order valence-electron chi connectivity index (χ2n) is 5.99. The molecular weight excluding hydrogens is 300 g/mol. The van der Waals surface area contributed by atoms with Crippen LogP contribution < -0.4 is 10.1 Å². The number of aryl methyl sites for hydroxylation is 1. The van der Waals surface area contributed by atoms with Gasteiger partial charge >= 0.3 is 0 Å². The Morgan fingerprint density at radius 2 is 2.17 bits per heavy atom. The molecule has 1 amide bonds. The van der Waals surface area contributed by atoms with E-state index in [9.17, 15) is 10.1 Å². The molecule has 120 valence electrons. The number of carbonyl (C=O) groups excluding carboxylic acids is 1. The number of carbonyl (C=O) groups is 1. The van der Waals surface area contributed by atoms with Gasteiger partial charge in [-0.2, -0.15) is 5.26 Å². The van der Waals surface area contributed by atoms with E-state index in [1.54, 1.807) is 12.1 Å². The van der Waals surface area contributed by atoms with Gasteiger partial charge in [0.25, 0.3) is 5.91 Å². The van der Waals surface area contributed by atoms with E-state index in [2.05, 4.69) is 5.32 Å². The standard InChI is InChI=1S/C20H18N2O2/c1-13-4-3-5-18(8-13)22-20(23)17(12-21)11-15-6-7-19-16(10-15)9-14(2)24-19/h3-8,10-11,14H,9H2,1-2H3,(H,22,23)/b17-11+/t14-/m1/s1. The van der Waals surface area contributed by atoms with Crippen LogP contribution in [0, 0.1) is 18.3 Å². The van der Waals surface area contributed by atoms with Crippen molar-refractivity contribution < 1.29 is 9.53 Å². The molecule has 0 aromatic heterocycles. The molecule has 4 heteroatoms. The third-order valence-corrected chi connectivity index (χ3v) is 3.87. The van der Waals surface area contributed by atoms with E-state index in [-0.39, 0.29) is 11.7 Å². The summed E-state index contributed by atoms with van der Waals surface area (Å²) in [6.45, 7) is 3.97. The summed E-state index contributed by atoms with van der Waals surface area (Å²) < 4.78 is 5.67. The van der Waals surface area contributed by atoms with Crippen LogP contribution in [0.1, 0.15) is 23.6 Å². The first kappa shape index (κ1) is 15.8. The highest BCUT2D eigenvalue weighted by molar-refractivity contribution is 6.09. The molecule has 1 aliphatic heterocycles. The van der Waals surface area contributed by atoms with Crippen LogP contribution in [-0.4, -0.2) is 12.0 Å². The fourth-order valence-corrected chi connectivity index (χ4v) is 2.77. The Balaban J connectivity index is 1.81. The van der Waals surface area contributed by atoms with E-state index in [1.165, 1.54) is 0 Å². The van der Waals surface area contributed by atoms with Gasteiger partial charge in [-0.25, -0.2) is 0 Å². The Morgan fingerprint density at radius 3 is 2.92 bits per heavy atom. The van der Waals surface area contributed by atoms with Gasteiger partial charge in [-0.3, -0.25) is 4.79 Å². The van der Waals surface area contributed by atoms with Gasteiger partial charge in [0, 0.05) is 12.1 Å². The Kier molecular flexibility index (Phi) is 4.35. The minimum absolute atomic E-state index is 0.0726. The van der Waals surface area contributed by atoms with Gasteiger partial charge in [0.15, 0.2) is 0 Å². The largest absolute Gasteiger partial charge is 0.490 e. The molecule has 4 nitrogen and oxygen atoms in total. The maximum atomic E-state index is 12.3. The average molecular weight is 318 g/mol. The Hall–Kier alpha value is -3.06. The Labute approximate surface area is 141 Å². The van der Waals surface area contributed by atoms with Crippen LogP contribution in [0.25, 0.3) is 6.08 Å². The number of ether oxygens (including phenoxy) is 1. The predicted octanol–water partition coefficient (Wildman–Crippen LogP) is 3.86. The summed E-state index contributed by atoms with van der Waals surface area (Å²) >= 11 is 0. The zero-order chi connectivity index (χ0) is 17.1. The van der Waals surface area contributed by atoms with E-state index in [1.807, 2.05) is 56.3 Å². The molecule has 0 fully saturated rings. The molecule has 1 N–H and O–H groups in total. The van der Waals surface area contributed by atoms with Gasteiger partial charge < -0.3 is 10.1 Å². The Morgan fingerprint density at radius 1 is 1.33 bits per heavy atom. The summed E-state index contributed by atoms with van der Waals surface area (Å²) in [5.74, 6) is 0.468. The smallest absolute Gasteiger partial charge is 0.266 e. The van der Waals surface area contributed by atoms with Crippen LogP contribution in [0.2, 0.25) is 0 Å². The van der Waals surface area contributed by atoms with Gasteiger partial charge in [0.05, 0.1) is 0 Å². The normalized spacial score (nSPS) is 16.0. The molecule has 1 heterocycles. The zero-order valence-corrected chi connectivity index (χ0v) is 13.7. The molecule has 3 rings (SSSR count). The van der Waals surface area contributed by atoms with Crippen molar-refractivity contribution in [3.63, 3.8) is 0 Å². The summed E-state index contributed by atoms with van der Waals surface area (Å²) in [6.07, 6.45) is 2.61. The number of rotatable bonds is 3. The SMILES string of the molecule is Cc1cccc(NC(=O)/C(C#N)=C/c2ccc3c(c2)C[C@@H](C)O3)c1. The minimum Gasteiger partial charge on any atom is -0.490 e. The number of nitrogens with zero attached hydrogens (tertiary/aromatic N) is 1. The molecule has 2 aromatic carbocycles. The number of hydrogen-bond donors (Lipinski definition) is 1. The highest BCUT2D eigenvalue weighted by atomic mass is 16.5. The van der Waals surface area contributed by atoms with Gasteiger partial charge in [-0.1, -0.05) is 18.2 Å². The van der Waals surface area contributed by atoms with Crippen molar-refractivity contribution >= 4 is 17.7 Å². The lowest BCUT2D eigenvalue weighted by molar-refractivity contribution is -0.112. The predicted molar refractivity (Wildman–Crippen MR) is 93.6 cm³/mol. The lowest BCUT2D eigenvalue weighted by Gasteiger charge is -2.05. The lowest BCUT2D eigenvalue weighted by Crippen LogP contribution is -2.13. The van der Waals surface area contributed by atoms with E-state index < -0.39 is 5.91 Å². The van der Waals surface area contributed by atoms with Crippen molar-refractivity contribution in [1.82, 2.24) is 0 Å². The van der Waals surface area contributed by atoms with Gasteiger partial charge in [0.1, 0.15) is 23.5 Å². The number of hydrogen-bond acceptors (Lipinski definition) is 3. The second kappa shape index (κ2) is 6.59. The molecule has 1 atom stereocenters. The number of anilines is 1. The number of amides is 1. The van der Waals surface area contributed by atoms with Gasteiger partial charge in [-0.05, 0) is 60.9 Å². The molecule has 0 spiro atoms. The van der Waals surface area contributed by atoms with E-state index in [4.69, 9.17) is 4.74 Å². The second-order valence-corrected chi connectivity index (χ2v) is 5.99. The molecule has 0 saturated carbocycles. The van der Waals surface area contributed by atoms with Gasteiger partial charge in [0.2, 0.25) is 0 Å². The number of nitriles is 1. The summed E-state index contributed by atoms with van der Waals surface area (Å²) in [7, 11) is 0. The summed E-state index contributed by atoms with van der Waals surface area (Å²) in [6, 6.07) is 15.2. The van der Waals surface area contributed by atoms with E-state index >= 15 is 0 Å². The monoisotopic (exact) mass is 318 g/mol. The molecule has 0 radical (unpaired) electrons.